The first-order valence-electron chi connectivity index (χ1n) is 5.50. The molecule has 0 atom stereocenters. The highest BCUT2D eigenvalue weighted by molar-refractivity contribution is 6.06. The molecule has 0 unspecified atom stereocenters. The SMILES string of the molecule is C/C(=N\N1CC(=O)NC1=O)c1cc(C)ccc1N. The summed E-state index contributed by atoms with van der Waals surface area (Å²) in [5.74, 6) is -0.353. The van der Waals surface area contributed by atoms with E-state index in [2.05, 4.69) is 10.4 Å². The minimum atomic E-state index is -0.509. The van der Waals surface area contributed by atoms with E-state index in [1.807, 2.05) is 19.1 Å². The summed E-state index contributed by atoms with van der Waals surface area (Å²) in [6.07, 6.45) is 0. The summed E-state index contributed by atoms with van der Waals surface area (Å²) in [6, 6.07) is 5.08. The van der Waals surface area contributed by atoms with E-state index in [1.54, 1.807) is 13.0 Å². The molecule has 1 heterocycles. The Labute approximate surface area is 104 Å². The van der Waals surface area contributed by atoms with Crippen LogP contribution in [0.3, 0.4) is 0 Å². The highest BCUT2D eigenvalue weighted by Crippen LogP contribution is 2.15. The Balaban J connectivity index is 2.30. The first-order chi connectivity index (χ1) is 8.47. The van der Waals surface area contributed by atoms with Gasteiger partial charge in [0, 0.05) is 11.3 Å². The number of carbonyl (C=O) groups excluding carboxylic acids is 2. The van der Waals surface area contributed by atoms with Gasteiger partial charge in [0.05, 0.1) is 5.71 Å². The monoisotopic (exact) mass is 246 g/mol. The van der Waals surface area contributed by atoms with Crippen molar-refractivity contribution < 1.29 is 9.59 Å². The first kappa shape index (κ1) is 12.1. The average molecular weight is 246 g/mol. The van der Waals surface area contributed by atoms with Gasteiger partial charge in [0.15, 0.2) is 0 Å². The van der Waals surface area contributed by atoms with Crippen molar-refractivity contribution in [2.75, 3.05) is 12.3 Å². The molecule has 3 amide bonds. The number of amides is 3. The topological polar surface area (TPSA) is 87.8 Å². The summed E-state index contributed by atoms with van der Waals surface area (Å²) in [6.45, 7) is 3.64. The van der Waals surface area contributed by atoms with E-state index in [0.717, 1.165) is 16.1 Å². The van der Waals surface area contributed by atoms with E-state index in [4.69, 9.17) is 5.73 Å². The number of anilines is 1. The predicted molar refractivity (Wildman–Crippen MR) is 68.0 cm³/mol. The quantitative estimate of drug-likeness (QED) is 0.460. The molecule has 1 saturated heterocycles. The second kappa shape index (κ2) is 4.48. The average Bonchev–Trinajstić information content (AvgIpc) is 2.61. The van der Waals surface area contributed by atoms with Crippen molar-refractivity contribution in [3.05, 3.63) is 29.3 Å². The lowest BCUT2D eigenvalue weighted by atomic mass is 10.1. The van der Waals surface area contributed by atoms with Crippen LogP contribution in [0.5, 0.6) is 0 Å². The van der Waals surface area contributed by atoms with Gasteiger partial charge < -0.3 is 5.73 Å². The lowest BCUT2D eigenvalue weighted by molar-refractivity contribution is -0.118. The smallest absolute Gasteiger partial charge is 0.345 e. The second-order valence-electron chi connectivity index (χ2n) is 4.19. The fourth-order valence-corrected chi connectivity index (χ4v) is 1.73. The summed E-state index contributed by atoms with van der Waals surface area (Å²) in [5.41, 5.74) is 8.87. The van der Waals surface area contributed by atoms with Crippen molar-refractivity contribution in [2.45, 2.75) is 13.8 Å². The van der Waals surface area contributed by atoms with Crippen LogP contribution in [0.2, 0.25) is 0 Å². The molecule has 0 spiro atoms. The zero-order chi connectivity index (χ0) is 13.3. The zero-order valence-electron chi connectivity index (χ0n) is 10.2. The van der Waals surface area contributed by atoms with E-state index in [9.17, 15) is 9.59 Å². The molecule has 0 bridgehead atoms. The number of nitrogens with one attached hydrogen (secondary N) is 1. The molecular formula is C12H14N4O2. The first-order valence-corrected chi connectivity index (χ1v) is 5.50. The molecule has 1 fully saturated rings. The summed E-state index contributed by atoms with van der Waals surface area (Å²) in [5, 5.41) is 7.37. The minimum absolute atomic E-state index is 0.0537. The molecule has 3 N–H and O–H groups in total. The summed E-state index contributed by atoms with van der Waals surface area (Å²) < 4.78 is 0. The highest BCUT2D eigenvalue weighted by atomic mass is 16.2. The van der Waals surface area contributed by atoms with Crippen LogP contribution < -0.4 is 11.1 Å². The Morgan fingerprint density at radius 1 is 1.44 bits per heavy atom. The van der Waals surface area contributed by atoms with Crippen LogP contribution in [-0.2, 0) is 4.79 Å². The molecule has 18 heavy (non-hydrogen) atoms. The van der Waals surface area contributed by atoms with Crippen LogP contribution in [-0.4, -0.2) is 29.2 Å². The van der Waals surface area contributed by atoms with Crippen molar-refractivity contribution >= 4 is 23.3 Å². The van der Waals surface area contributed by atoms with Crippen molar-refractivity contribution in [3.8, 4) is 0 Å². The third kappa shape index (κ3) is 2.32. The Bertz CT molecular complexity index is 551. The van der Waals surface area contributed by atoms with Crippen LogP contribution >= 0.6 is 0 Å². The summed E-state index contributed by atoms with van der Waals surface area (Å²) in [4.78, 5) is 22.4. The van der Waals surface area contributed by atoms with E-state index in [1.165, 1.54) is 0 Å². The number of nitrogen functional groups attached to an aromatic ring is 1. The van der Waals surface area contributed by atoms with Crippen LogP contribution in [0.1, 0.15) is 18.1 Å². The normalized spacial score (nSPS) is 16.1. The maximum atomic E-state index is 11.4. The molecule has 2 rings (SSSR count). The molecule has 6 nitrogen and oxygen atoms in total. The third-order valence-electron chi connectivity index (χ3n) is 2.64. The molecule has 0 aromatic heterocycles. The number of carbonyl (C=O) groups is 2. The largest absolute Gasteiger partial charge is 0.398 e. The number of rotatable bonds is 2. The molecule has 0 saturated carbocycles. The van der Waals surface area contributed by atoms with Crippen LogP contribution in [0.25, 0.3) is 0 Å². The number of urea groups is 1. The molecular weight excluding hydrogens is 232 g/mol. The van der Waals surface area contributed by atoms with Gasteiger partial charge in [-0.05, 0) is 26.0 Å². The van der Waals surface area contributed by atoms with Crippen molar-refractivity contribution in [3.63, 3.8) is 0 Å². The lowest BCUT2D eigenvalue weighted by Crippen LogP contribution is -2.25. The Morgan fingerprint density at radius 2 is 2.17 bits per heavy atom. The van der Waals surface area contributed by atoms with E-state index >= 15 is 0 Å². The van der Waals surface area contributed by atoms with Crippen molar-refractivity contribution in [1.29, 1.82) is 0 Å². The third-order valence-corrected chi connectivity index (χ3v) is 2.64. The fourth-order valence-electron chi connectivity index (χ4n) is 1.73. The van der Waals surface area contributed by atoms with Gasteiger partial charge in [0.25, 0.3) is 0 Å². The zero-order valence-corrected chi connectivity index (χ0v) is 10.2. The van der Waals surface area contributed by atoms with Gasteiger partial charge >= 0.3 is 6.03 Å². The van der Waals surface area contributed by atoms with Gasteiger partial charge in [-0.2, -0.15) is 5.10 Å². The van der Waals surface area contributed by atoms with Gasteiger partial charge in [-0.1, -0.05) is 11.6 Å². The van der Waals surface area contributed by atoms with Crippen LogP contribution in [0.15, 0.2) is 23.3 Å². The Hall–Kier alpha value is -2.37. The number of hydrogen-bond donors (Lipinski definition) is 2. The molecule has 0 aliphatic carbocycles. The van der Waals surface area contributed by atoms with Gasteiger partial charge in [0.1, 0.15) is 6.54 Å². The van der Waals surface area contributed by atoms with Crippen molar-refractivity contribution in [1.82, 2.24) is 10.3 Å². The van der Waals surface area contributed by atoms with Gasteiger partial charge in [0.2, 0.25) is 5.91 Å². The number of hydrazone groups is 1. The second-order valence-corrected chi connectivity index (χ2v) is 4.19. The number of nitrogens with zero attached hydrogens (tertiary/aromatic N) is 2. The Morgan fingerprint density at radius 3 is 2.78 bits per heavy atom. The Kier molecular flexibility index (Phi) is 3.01. The van der Waals surface area contributed by atoms with Gasteiger partial charge in [-0.25, -0.2) is 9.80 Å². The number of benzene rings is 1. The van der Waals surface area contributed by atoms with Gasteiger partial charge in [-0.3, -0.25) is 10.1 Å². The molecule has 1 aliphatic heterocycles. The van der Waals surface area contributed by atoms with Crippen LogP contribution in [0.4, 0.5) is 10.5 Å². The fraction of sp³-hybridized carbons (Fsp3) is 0.250. The van der Waals surface area contributed by atoms with Crippen molar-refractivity contribution in [2.24, 2.45) is 5.10 Å². The number of nitrogens with two attached hydrogens (primary N) is 1. The van der Waals surface area contributed by atoms with E-state index in [0.29, 0.717) is 11.4 Å². The maximum Gasteiger partial charge on any atom is 0.345 e. The summed E-state index contributed by atoms with van der Waals surface area (Å²) >= 11 is 0. The number of imide groups is 1. The molecule has 1 aromatic carbocycles. The predicted octanol–water partition coefficient (Wildman–Crippen LogP) is 0.853. The number of aryl methyl sites for hydroxylation is 1. The van der Waals surface area contributed by atoms with E-state index < -0.39 is 6.03 Å². The molecule has 0 radical (unpaired) electrons. The maximum absolute atomic E-state index is 11.4. The van der Waals surface area contributed by atoms with Gasteiger partial charge in [-0.15, -0.1) is 0 Å². The van der Waals surface area contributed by atoms with Crippen LogP contribution in [0, 0.1) is 6.92 Å². The number of hydrogen-bond acceptors (Lipinski definition) is 4. The summed E-state index contributed by atoms with van der Waals surface area (Å²) in [7, 11) is 0. The molecule has 6 heteroatoms. The lowest BCUT2D eigenvalue weighted by Gasteiger charge is -2.10. The van der Waals surface area contributed by atoms with E-state index in [-0.39, 0.29) is 12.5 Å². The molecule has 1 aliphatic rings. The standard InChI is InChI=1S/C12H14N4O2/c1-7-3-4-10(13)9(5-7)8(2)15-16-6-11(17)14-12(16)18/h3-5H,6,13H2,1-2H3,(H,14,17,18)/b15-8+. The minimum Gasteiger partial charge on any atom is -0.398 e. The molecule has 94 valence electrons. The highest BCUT2D eigenvalue weighted by Gasteiger charge is 2.26. The molecule has 1 aromatic rings.